The summed E-state index contributed by atoms with van der Waals surface area (Å²) in [6.07, 6.45) is 11.1. The maximum Gasteiger partial charge on any atom is 0.218 e. The molecule has 0 radical (unpaired) electrons. The van der Waals surface area contributed by atoms with Gasteiger partial charge in [0.1, 0.15) is 0 Å². The average Bonchev–Trinajstić information content (AvgIpc) is 2.26. The highest BCUT2D eigenvalue weighted by atomic mass is 35.5. The lowest BCUT2D eigenvalue weighted by molar-refractivity contribution is -0.00000279. The molecule has 0 aliphatic heterocycles. The van der Waals surface area contributed by atoms with Gasteiger partial charge in [0, 0.05) is 24.0 Å². The molecule has 0 nitrogen and oxygen atoms in total. The maximum absolute atomic E-state index is 2.53. The third-order valence-corrected chi connectivity index (χ3v) is 4.94. The van der Waals surface area contributed by atoms with E-state index in [1.54, 1.807) is 20.9 Å². The van der Waals surface area contributed by atoms with E-state index in [1.807, 2.05) is 0 Å². The Hall–Kier alpha value is -0.140. The highest BCUT2D eigenvalue weighted by molar-refractivity contribution is 7.11. The van der Waals surface area contributed by atoms with E-state index in [4.69, 9.17) is 0 Å². The van der Waals surface area contributed by atoms with Gasteiger partial charge in [-0.1, -0.05) is 0 Å². The van der Waals surface area contributed by atoms with Crippen molar-refractivity contribution in [1.29, 1.82) is 0 Å². The van der Waals surface area contributed by atoms with Crippen molar-refractivity contribution in [3.8, 4) is 0 Å². The number of aryl methyl sites for hydroxylation is 4. The van der Waals surface area contributed by atoms with Crippen LogP contribution in [-0.2, 0) is 25.7 Å². The van der Waals surface area contributed by atoms with Gasteiger partial charge < -0.3 is 12.4 Å². The Bertz CT molecular complexity index is 294. The summed E-state index contributed by atoms with van der Waals surface area (Å²) in [6.45, 7) is 0. The molecule has 1 aromatic rings. The topological polar surface area (TPSA) is 0 Å². The molecule has 0 bridgehead atoms. The fraction of sp³-hybridized carbons (Fsp3) is 0.615. The van der Waals surface area contributed by atoms with Crippen LogP contribution in [0.5, 0.6) is 0 Å². The van der Waals surface area contributed by atoms with Crippen molar-refractivity contribution in [2.45, 2.75) is 51.4 Å². The molecule has 0 atom stereocenters. The van der Waals surface area contributed by atoms with Crippen molar-refractivity contribution in [2.75, 3.05) is 0 Å². The summed E-state index contributed by atoms with van der Waals surface area (Å²) in [7, 11) is 0. The zero-order valence-corrected chi connectivity index (χ0v) is 10.6. The fourth-order valence-electron chi connectivity index (χ4n) is 2.70. The van der Waals surface area contributed by atoms with Crippen LogP contribution in [-0.4, -0.2) is 0 Å². The Morgan fingerprint density at radius 2 is 1.20 bits per heavy atom. The minimum absolute atomic E-state index is 0. The van der Waals surface area contributed by atoms with Crippen LogP contribution in [0, 0.1) is 0 Å². The van der Waals surface area contributed by atoms with Gasteiger partial charge >= 0.3 is 0 Å². The summed E-state index contributed by atoms with van der Waals surface area (Å²) in [5.41, 5.74) is 3.36. The van der Waals surface area contributed by atoms with E-state index in [9.17, 15) is 0 Å². The van der Waals surface area contributed by atoms with Crippen molar-refractivity contribution in [3.05, 3.63) is 26.9 Å². The molecule has 0 saturated heterocycles. The predicted octanol–water partition coefficient (Wildman–Crippen LogP) is 0.791. The molecule has 2 heteroatoms. The summed E-state index contributed by atoms with van der Waals surface area (Å²) in [6, 6.07) is 2.53. The van der Waals surface area contributed by atoms with Gasteiger partial charge in [-0.15, -0.1) is 0 Å². The van der Waals surface area contributed by atoms with Crippen LogP contribution in [0.1, 0.15) is 46.6 Å². The molecule has 0 aromatic carbocycles. The van der Waals surface area contributed by atoms with Gasteiger partial charge in [-0.05, 0) is 44.6 Å². The molecule has 2 aliphatic rings. The normalized spacial score (nSPS) is 18.7. The molecule has 82 valence electrons. The molecule has 0 N–H and O–H groups in total. The Labute approximate surface area is 102 Å². The molecule has 1 heterocycles. The Morgan fingerprint density at radius 1 is 0.733 bits per heavy atom. The summed E-state index contributed by atoms with van der Waals surface area (Å²) >= 11 is 2.13. The highest BCUT2D eigenvalue weighted by Crippen LogP contribution is 2.33. The van der Waals surface area contributed by atoms with E-state index in [1.165, 1.54) is 51.4 Å². The first-order chi connectivity index (χ1) is 6.93. The standard InChI is InChI=1S/C13H17S.ClH/c1-3-7-12-10(5-1)9-11-6-2-4-8-13(11)14-12;/h9H,1-8H2;1H/q+1;/p-1. The van der Waals surface area contributed by atoms with E-state index in [-0.39, 0.29) is 12.4 Å². The maximum atomic E-state index is 2.53. The lowest BCUT2D eigenvalue weighted by Gasteiger charge is -2.14. The second-order valence-electron chi connectivity index (χ2n) is 4.56. The molecule has 2 aliphatic carbocycles. The SMILES string of the molecule is [Cl-].c1c2c([s+]c3c1CCCC3)CCCC2. The zero-order valence-electron chi connectivity index (χ0n) is 9.02. The Balaban J connectivity index is 0.000000853. The first kappa shape index (κ1) is 11.3. The van der Waals surface area contributed by atoms with Gasteiger partial charge in [0.2, 0.25) is 21.1 Å². The van der Waals surface area contributed by atoms with E-state index in [0.717, 1.165) is 0 Å². The first-order valence-corrected chi connectivity index (χ1v) is 6.72. The fourth-order valence-corrected chi connectivity index (χ4v) is 4.07. The first-order valence-electron chi connectivity index (χ1n) is 5.90. The second-order valence-corrected chi connectivity index (χ2v) is 5.75. The monoisotopic (exact) mass is 240 g/mol. The van der Waals surface area contributed by atoms with Gasteiger partial charge in [-0.25, -0.2) is 0 Å². The minimum atomic E-state index is 0. The molecule has 3 rings (SSSR count). The smallest absolute Gasteiger partial charge is 0.218 e. The second kappa shape index (κ2) is 4.80. The van der Waals surface area contributed by atoms with E-state index >= 15 is 0 Å². The third kappa shape index (κ3) is 2.19. The molecule has 15 heavy (non-hydrogen) atoms. The number of halogens is 1. The number of fused-ring (bicyclic) bond motifs is 2. The number of hydrogen-bond acceptors (Lipinski definition) is 0. The molecule has 0 amide bonds. The Kier molecular flexibility index (Phi) is 3.63. The van der Waals surface area contributed by atoms with Gasteiger partial charge in [0.15, 0.2) is 0 Å². The van der Waals surface area contributed by atoms with Crippen LogP contribution >= 0.6 is 11.3 Å². The van der Waals surface area contributed by atoms with Crippen molar-refractivity contribution in [1.82, 2.24) is 0 Å². The van der Waals surface area contributed by atoms with Crippen molar-refractivity contribution < 1.29 is 12.4 Å². The molecule has 1 aromatic heterocycles. The van der Waals surface area contributed by atoms with Gasteiger partial charge in [-0.3, -0.25) is 0 Å². The molecule has 0 saturated carbocycles. The molecular weight excluding hydrogens is 224 g/mol. The summed E-state index contributed by atoms with van der Waals surface area (Å²) < 4.78 is 0. The molecule has 0 unspecified atom stereocenters. The van der Waals surface area contributed by atoms with E-state index < -0.39 is 0 Å². The minimum Gasteiger partial charge on any atom is -1.00 e. The number of rotatable bonds is 0. The lowest BCUT2D eigenvalue weighted by Crippen LogP contribution is -3.00. The van der Waals surface area contributed by atoms with Crippen LogP contribution < -0.4 is 12.4 Å². The van der Waals surface area contributed by atoms with Crippen LogP contribution in [0.15, 0.2) is 6.07 Å². The Morgan fingerprint density at radius 3 is 1.73 bits per heavy atom. The quantitative estimate of drug-likeness (QED) is 0.589. The van der Waals surface area contributed by atoms with Crippen LogP contribution in [0.2, 0.25) is 0 Å². The van der Waals surface area contributed by atoms with Crippen molar-refractivity contribution >= 4 is 11.3 Å². The molecule has 0 spiro atoms. The van der Waals surface area contributed by atoms with E-state index in [0.29, 0.717) is 0 Å². The van der Waals surface area contributed by atoms with Crippen LogP contribution in [0.25, 0.3) is 0 Å². The van der Waals surface area contributed by atoms with Gasteiger partial charge in [0.25, 0.3) is 0 Å². The largest absolute Gasteiger partial charge is 1.00 e. The van der Waals surface area contributed by atoms with Crippen LogP contribution in [0.3, 0.4) is 0 Å². The third-order valence-electron chi connectivity index (χ3n) is 3.51. The predicted molar refractivity (Wildman–Crippen MR) is 62.0 cm³/mol. The summed E-state index contributed by atoms with van der Waals surface area (Å²) in [5.74, 6) is 0. The van der Waals surface area contributed by atoms with Crippen molar-refractivity contribution in [3.63, 3.8) is 0 Å². The van der Waals surface area contributed by atoms with Crippen molar-refractivity contribution in [2.24, 2.45) is 0 Å². The highest BCUT2D eigenvalue weighted by Gasteiger charge is 2.25. The zero-order chi connectivity index (χ0) is 9.38. The van der Waals surface area contributed by atoms with Gasteiger partial charge in [0.05, 0.1) is 0 Å². The average molecular weight is 241 g/mol. The number of hydrogen-bond donors (Lipinski definition) is 0. The molecular formula is C13H17ClS. The summed E-state index contributed by atoms with van der Waals surface area (Å²) in [5, 5.41) is 0. The summed E-state index contributed by atoms with van der Waals surface area (Å²) in [4.78, 5) is 3.41. The molecule has 0 fully saturated rings. The van der Waals surface area contributed by atoms with Gasteiger partial charge in [-0.2, -0.15) is 0 Å². The van der Waals surface area contributed by atoms with Crippen LogP contribution in [0.4, 0.5) is 0 Å². The lowest BCUT2D eigenvalue weighted by atomic mass is 9.93. The van der Waals surface area contributed by atoms with E-state index in [2.05, 4.69) is 17.4 Å².